The van der Waals surface area contributed by atoms with Crippen molar-refractivity contribution < 1.29 is 18.4 Å². The molecule has 33 heavy (non-hydrogen) atoms. The summed E-state index contributed by atoms with van der Waals surface area (Å²) in [6, 6.07) is 8.07. The molecule has 1 aliphatic rings. The molecule has 0 spiro atoms. The van der Waals surface area contributed by atoms with Crippen LogP contribution >= 0.6 is 0 Å². The van der Waals surface area contributed by atoms with E-state index in [-0.39, 0.29) is 11.6 Å². The number of anilines is 1. The zero-order valence-electron chi connectivity index (χ0n) is 17.9. The molecular formula is C22H22FN7O3. The Kier molecular flexibility index (Phi) is 5.69. The average molecular weight is 451 g/mol. The van der Waals surface area contributed by atoms with Crippen LogP contribution in [0.25, 0.3) is 22.6 Å². The number of amides is 1. The number of benzene rings is 1. The van der Waals surface area contributed by atoms with Gasteiger partial charge in [0.05, 0.1) is 30.3 Å². The number of nitrogens with one attached hydrogen (secondary N) is 2. The molecule has 10 nitrogen and oxygen atoms in total. The molecule has 4 heterocycles. The van der Waals surface area contributed by atoms with Crippen molar-refractivity contribution >= 4 is 22.8 Å². The van der Waals surface area contributed by atoms with Crippen molar-refractivity contribution in [2.24, 2.45) is 0 Å². The first-order chi connectivity index (χ1) is 16.1. The van der Waals surface area contributed by atoms with Gasteiger partial charge in [0.25, 0.3) is 5.91 Å². The molecular weight excluding hydrogens is 429 g/mol. The second-order valence-corrected chi connectivity index (χ2v) is 7.74. The predicted molar refractivity (Wildman–Crippen MR) is 117 cm³/mol. The Balaban J connectivity index is 1.29. The van der Waals surface area contributed by atoms with E-state index in [0.717, 1.165) is 0 Å². The number of carbonyl (C=O) groups is 1. The standard InChI is InChI=1S/C22H22FN7O3/c1-13(26-22(31)18-10-20(25-12-24-18)30-4-6-32-7-5-30)19-9-17(29-33-19)21-27-15-3-2-14(11-23)8-16(15)28-21/h2-3,8-10,12-13H,4-7,11H2,1H3,(H,26,31)(H,27,28)/t13-/m0/s1. The van der Waals surface area contributed by atoms with E-state index in [2.05, 4.69) is 35.3 Å². The third-order valence-corrected chi connectivity index (χ3v) is 5.47. The van der Waals surface area contributed by atoms with Crippen molar-refractivity contribution in [1.82, 2.24) is 30.4 Å². The molecule has 0 radical (unpaired) electrons. The van der Waals surface area contributed by atoms with Gasteiger partial charge in [0, 0.05) is 25.2 Å². The lowest BCUT2D eigenvalue weighted by Crippen LogP contribution is -2.37. The topological polar surface area (TPSA) is 122 Å². The Morgan fingerprint density at radius 2 is 2.09 bits per heavy atom. The van der Waals surface area contributed by atoms with E-state index in [1.54, 1.807) is 37.3 Å². The fraction of sp³-hybridized carbons (Fsp3) is 0.318. The minimum Gasteiger partial charge on any atom is -0.378 e. The molecule has 2 N–H and O–H groups in total. The van der Waals surface area contributed by atoms with Crippen LogP contribution in [-0.4, -0.2) is 57.3 Å². The molecule has 1 aromatic carbocycles. The number of morpholine rings is 1. The van der Waals surface area contributed by atoms with Gasteiger partial charge < -0.3 is 24.5 Å². The van der Waals surface area contributed by atoms with Gasteiger partial charge >= 0.3 is 0 Å². The van der Waals surface area contributed by atoms with E-state index < -0.39 is 12.7 Å². The number of nitrogens with zero attached hydrogens (tertiary/aromatic N) is 5. The highest BCUT2D eigenvalue weighted by atomic mass is 19.1. The summed E-state index contributed by atoms with van der Waals surface area (Å²) in [5, 5.41) is 6.93. The SMILES string of the molecule is C[C@H](NC(=O)c1cc(N2CCOCC2)ncn1)c1cc(-c2nc3ccc(CF)cc3[nH]2)no1. The number of ether oxygens (including phenoxy) is 1. The summed E-state index contributed by atoms with van der Waals surface area (Å²) in [5.41, 5.74) is 2.73. The fourth-order valence-electron chi connectivity index (χ4n) is 3.64. The first kappa shape index (κ1) is 21.0. The smallest absolute Gasteiger partial charge is 0.270 e. The Morgan fingerprint density at radius 3 is 2.91 bits per heavy atom. The largest absolute Gasteiger partial charge is 0.378 e. The number of aromatic amines is 1. The van der Waals surface area contributed by atoms with Crippen LogP contribution in [-0.2, 0) is 11.4 Å². The number of imidazole rings is 1. The summed E-state index contributed by atoms with van der Waals surface area (Å²) < 4.78 is 23.7. The number of H-pyrrole nitrogens is 1. The maximum absolute atomic E-state index is 12.9. The van der Waals surface area contributed by atoms with Gasteiger partial charge in [-0.15, -0.1) is 0 Å². The number of alkyl halides is 1. The first-order valence-electron chi connectivity index (χ1n) is 10.6. The van der Waals surface area contributed by atoms with Crippen LogP contribution in [0.3, 0.4) is 0 Å². The lowest BCUT2D eigenvalue weighted by Gasteiger charge is -2.27. The minimum atomic E-state index is -0.546. The van der Waals surface area contributed by atoms with Crippen molar-refractivity contribution in [2.45, 2.75) is 19.6 Å². The molecule has 1 saturated heterocycles. The summed E-state index contributed by atoms with van der Waals surface area (Å²) in [4.78, 5) is 30.8. The van der Waals surface area contributed by atoms with Crippen molar-refractivity contribution in [1.29, 1.82) is 0 Å². The highest BCUT2D eigenvalue weighted by Crippen LogP contribution is 2.24. The first-order valence-corrected chi connectivity index (χ1v) is 10.6. The molecule has 3 aromatic heterocycles. The van der Waals surface area contributed by atoms with E-state index in [0.29, 0.717) is 66.0 Å². The van der Waals surface area contributed by atoms with Gasteiger partial charge in [-0.25, -0.2) is 19.3 Å². The number of aromatic nitrogens is 5. The normalized spacial score (nSPS) is 15.0. The fourth-order valence-corrected chi connectivity index (χ4v) is 3.64. The third kappa shape index (κ3) is 4.40. The summed E-state index contributed by atoms with van der Waals surface area (Å²) in [6.07, 6.45) is 1.38. The van der Waals surface area contributed by atoms with Gasteiger partial charge in [-0.3, -0.25) is 4.79 Å². The zero-order chi connectivity index (χ0) is 22.8. The molecule has 1 amide bonds. The van der Waals surface area contributed by atoms with Crippen LogP contribution in [0.5, 0.6) is 0 Å². The molecule has 1 atom stereocenters. The summed E-state index contributed by atoms with van der Waals surface area (Å²) in [7, 11) is 0. The Morgan fingerprint density at radius 1 is 1.24 bits per heavy atom. The van der Waals surface area contributed by atoms with Gasteiger partial charge in [0.15, 0.2) is 11.6 Å². The number of rotatable bonds is 6. The molecule has 5 rings (SSSR count). The van der Waals surface area contributed by atoms with Gasteiger partial charge in [-0.2, -0.15) is 0 Å². The molecule has 11 heteroatoms. The number of fused-ring (bicyclic) bond motifs is 1. The number of hydrogen-bond acceptors (Lipinski definition) is 8. The Labute approximate surface area is 188 Å². The molecule has 1 fully saturated rings. The molecule has 0 aliphatic carbocycles. The Hall–Kier alpha value is -3.86. The van der Waals surface area contributed by atoms with E-state index in [4.69, 9.17) is 9.26 Å². The highest BCUT2D eigenvalue weighted by molar-refractivity contribution is 5.93. The van der Waals surface area contributed by atoms with E-state index in [1.165, 1.54) is 6.33 Å². The van der Waals surface area contributed by atoms with Gasteiger partial charge in [0.1, 0.15) is 30.2 Å². The average Bonchev–Trinajstić information content (AvgIpc) is 3.51. The van der Waals surface area contributed by atoms with Crippen LogP contribution in [0.4, 0.5) is 10.2 Å². The second-order valence-electron chi connectivity index (χ2n) is 7.74. The quantitative estimate of drug-likeness (QED) is 0.459. The zero-order valence-corrected chi connectivity index (χ0v) is 17.9. The molecule has 0 unspecified atom stereocenters. The number of carbonyl (C=O) groups excluding carboxylic acids is 1. The maximum Gasteiger partial charge on any atom is 0.270 e. The van der Waals surface area contributed by atoms with Crippen LogP contribution in [0.1, 0.15) is 34.8 Å². The van der Waals surface area contributed by atoms with Crippen molar-refractivity contribution in [2.75, 3.05) is 31.2 Å². The number of halogens is 1. The van der Waals surface area contributed by atoms with Crippen molar-refractivity contribution in [3.63, 3.8) is 0 Å². The monoisotopic (exact) mass is 451 g/mol. The third-order valence-electron chi connectivity index (χ3n) is 5.47. The highest BCUT2D eigenvalue weighted by Gasteiger charge is 2.20. The van der Waals surface area contributed by atoms with E-state index >= 15 is 0 Å². The van der Waals surface area contributed by atoms with E-state index in [9.17, 15) is 9.18 Å². The lowest BCUT2D eigenvalue weighted by molar-refractivity contribution is 0.0928. The lowest BCUT2D eigenvalue weighted by atomic mass is 10.2. The van der Waals surface area contributed by atoms with Crippen LogP contribution < -0.4 is 10.2 Å². The molecule has 0 bridgehead atoms. The molecule has 0 saturated carbocycles. The van der Waals surface area contributed by atoms with Crippen LogP contribution in [0.15, 0.2) is 41.2 Å². The molecule has 1 aliphatic heterocycles. The van der Waals surface area contributed by atoms with Crippen molar-refractivity contribution in [3.8, 4) is 11.5 Å². The van der Waals surface area contributed by atoms with Gasteiger partial charge in [-0.1, -0.05) is 11.2 Å². The summed E-state index contributed by atoms with van der Waals surface area (Å²) in [6.45, 7) is 3.92. The van der Waals surface area contributed by atoms with Gasteiger partial charge in [0.2, 0.25) is 0 Å². The minimum absolute atomic E-state index is 0.263. The maximum atomic E-state index is 12.9. The van der Waals surface area contributed by atoms with Gasteiger partial charge in [-0.05, 0) is 24.6 Å². The molecule has 170 valence electrons. The van der Waals surface area contributed by atoms with Crippen LogP contribution in [0, 0.1) is 0 Å². The number of hydrogen-bond donors (Lipinski definition) is 2. The van der Waals surface area contributed by atoms with Crippen LogP contribution in [0.2, 0.25) is 0 Å². The molecule has 4 aromatic rings. The Bertz CT molecular complexity index is 1280. The predicted octanol–water partition coefficient (Wildman–Crippen LogP) is 2.81. The van der Waals surface area contributed by atoms with Crippen molar-refractivity contribution in [3.05, 3.63) is 53.7 Å². The second kappa shape index (κ2) is 8.94. The van der Waals surface area contributed by atoms with E-state index in [1.807, 2.05) is 0 Å². The summed E-state index contributed by atoms with van der Waals surface area (Å²) in [5.74, 6) is 1.31. The summed E-state index contributed by atoms with van der Waals surface area (Å²) >= 11 is 0.